The number of nitrogens with two attached hydrogens (primary N) is 1. The van der Waals surface area contributed by atoms with Crippen LogP contribution in [0.3, 0.4) is 0 Å². The van der Waals surface area contributed by atoms with Gasteiger partial charge >= 0.3 is 0 Å². The Labute approximate surface area is 124 Å². The van der Waals surface area contributed by atoms with Crippen LogP contribution in [0.4, 0.5) is 25.8 Å². The van der Waals surface area contributed by atoms with Gasteiger partial charge in [0.15, 0.2) is 0 Å². The van der Waals surface area contributed by atoms with Gasteiger partial charge in [0.25, 0.3) is 0 Å². The fourth-order valence-electron chi connectivity index (χ4n) is 1.90. The molecular weight excluding hydrogens is 361 g/mol. The maximum Gasteiger partial charge on any atom is 0.138 e. The molecule has 0 amide bonds. The van der Waals surface area contributed by atoms with Gasteiger partial charge in [0.1, 0.15) is 11.6 Å². The first kappa shape index (κ1) is 14.0. The van der Waals surface area contributed by atoms with Gasteiger partial charge in [-0.05, 0) is 59.8 Å². The summed E-state index contributed by atoms with van der Waals surface area (Å²) >= 11 is 1.90. The highest BCUT2D eigenvalue weighted by atomic mass is 127. The van der Waals surface area contributed by atoms with Crippen LogP contribution in [0.2, 0.25) is 0 Å². The Bertz CT molecular complexity index is 585. The average Bonchev–Trinajstić information content (AvgIpc) is 2.38. The molecule has 0 aromatic heterocycles. The van der Waals surface area contributed by atoms with Crippen LogP contribution in [-0.4, -0.2) is 6.54 Å². The van der Waals surface area contributed by atoms with E-state index in [1.807, 2.05) is 34.4 Å². The Balaban J connectivity index is 2.47. The van der Waals surface area contributed by atoms with Gasteiger partial charge in [-0.2, -0.15) is 0 Å². The second-order valence-corrected chi connectivity index (χ2v) is 5.21. The zero-order valence-electron chi connectivity index (χ0n) is 10.3. The maximum absolute atomic E-state index is 13.7. The van der Waals surface area contributed by atoms with Crippen LogP contribution in [0.25, 0.3) is 0 Å². The number of anilines is 3. The summed E-state index contributed by atoms with van der Waals surface area (Å²) in [5, 5.41) is 0. The van der Waals surface area contributed by atoms with Crippen LogP contribution in [0.5, 0.6) is 0 Å². The third-order valence-electron chi connectivity index (χ3n) is 2.81. The molecule has 0 heterocycles. The van der Waals surface area contributed by atoms with Gasteiger partial charge in [0.2, 0.25) is 0 Å². The molecule has 0 aliphatic rings. The van der Waals surface area contributed by atoms with Crippen molar-refractivity contribution in [3.05, 3.63) is 51.6 Å². The van der Waals surface area contributed by atoms with Crippen LogP contribution < -0.4 is 10.6 Å². The van der Waals surface area contributed by atoms with Gasteiger partial charge < -0.3 is 10.6 Å². The summed E-state index contributed by atoms with van der Waals surface area (Å²) in [7, 11) is 0. The lowest BCUT2D eigenvalue weighted by Gasteiger charge is -2.25. The number of nitrogen functional groups attached to an aromatic ring is 1. The largest absolute Gasteiger partial charge is 0.397 e. The lowest BCUT2D eigenvalue weighted by atomic mass is 10.2. The van der Waals surface area contributed by atoms with E-state index in [-0.39, 0.29) is 11.6 Å². The van der Waals surface area contributed by atoms with Crippen molar-refractivity contribution in [3.8, 4) is 0 Å². The van der Waals surface area contributed by atoms with E-state index in [1.165, 1.54) is 18.2 Å². The molecule has 2 nitrogen and oxygen atoms in total. The second kappa shape index (κ2) is 5.73. The molecule has 19 heavy (non-hydrogen) atoms. The fourth-order valence-corrected chi connectivity index (χ4v) is 2.39. The number of nitrogens with zero attached hydrogens (tertiary/aromatic N) is 1. The van der Waals surface area contributed by atoms with E-state index < -0.39 is 0 Å². The van der Waals surface area contributed by atoms with E-state index >= 15 is 0 Å². The summed E-state index contributed by atoms with van der Waals surface area (Å²) in [6, 6.07) is 9.04. The molecule has 0 spiro atoms. The predicted molar refractivity (Wildman–Crippen MR) is 82.6 cm³/mol. The molecule has 0 aliphatic heterocycles. The Morgan fingerprint density at radius 1 is 1.16 bits per heavy atom. The monoisotopic (exact) mass is 374 g/mol. The maximum atomic E-state index is 13.7. The number of benzene rings is 2. The Morgan fingerprint density at radius 3 is 2.37 bits per heavy atom. The normalized spacial score (nSPS) is 10.5. The van der Waals surface area contributed by atoms with Crippen LogP contribution in [0, 0.1) is 15.2 Å². The molecule has 2 aromatic carbocycles. The number of hydrogen-bond acceptors (Lipinski definition) is 2. The molecule has 0 unspecified atom stereocenters. The number of rotatable bonds is 3. The van der Waals surface area contributed by atoms with Crippen molar-refractivity contribution in [2.75, 3.05) is 17.2 Å². The van der Waals surface area contributed by atoms with Crippen LogP contribution in [0.15, 0.2) is 36.4 Å². The molecule has 2 N–H and O–H groups in total. The van der Waals surface area contributed by atoms with Gasteiger partial charge in [-0.1, -0.05) is 0 Å². The summed E-state index contributed by atoms with van der Waals surface area (Å²) in [5.74, 6) is -0.619. The van der Waals surface area contributed by atoms with Crippen LogP contribution in [-0.2, 0) is 0 Å². The minimum absolute atomic E-state index is 0.304. The third-order valence-corrected chi connectivity index (χ3v) is 3.64. The molecule has 5 heteroatoms. The Hall–Kier alpha value is -1.37. The second-order valence-electron chi connectivity index (χ2n) is 4.05. The van der Waals surface area contributed by atoms with E-state index in [4.69, 9.17) is 5.73 Å². The standard InChI is InChI=1S/C14H13F2IN2/c1-2-19(10-5-3-9(15)4-6-10)14-7-11(16)12(17)8-13(14)18/h3-8H,2,18H2,1H3. The van der Waals surface area contributed by atoms with Gasteiger partial charge in [-0.3, -0.25) is 0 Å². The van der Waals surface area contributed by atoms with Crippen molar-refractivity contribution in [1.82, 2.24) is 0 Å². The number of halogens is 3. The fraction of sp³-hybridized carbons (Fsp3) is 0.143. The SMILES string of the molecule is CCN(c1ccc(F)cc1)c1cc(F)c(I)cc1N. The molecule has 0 radical (unpaired) electrons. The first-order valence-corrected chi connectivity index (χ1v) is 6.88. The molecule has 0 fully saturated rings. The lowest BCUT2D eigenvalue weighted by molar-refractivity contribution is 0.620. The summed E-state index contributed by atoms with van der Waals surface area (Å²) in [5.41, 5.74) is 7.81. The third kappa shape index (κ3) is 2.97. The number of hydrogen-bond donors (Lipinski definition) is 1. The van der Waals surface area contributed by atoms with Crippen LogP contribution in [0.1, 0.15) is 6.92 Å². The molecule has 0 bridgehead atoms. The molecule has 0 saturated heterocycles. The van der Waals surface area contributed by atoms with Crippen LogP contribution >= 0.6 is 22.6 Å². The molecule has 0 saturated carbocycles. The Kier molecular flexibility index (Phi) is 4.24. The van der Waals surface area contributed by atoms with E-state index in [2.05, 4.69) is 0 Å². The lowest BCUT2D eigenvalue weighted by Crippen LogP contribution is -2.18. The average molecular weight is 374 g/mol. The summed E-state index contributed by atoms with van der Waals surface area (Å²) in [4.78, 5) is 1.84. The summed E-state index contributed by atoms with van der Waals surface area (Å²) < 4.78 is 27.1. The molecular formula is C14H13F2IN2. The highest BCUT2D eigenvalue weighted by molar-refractivity contribution is 14.1. The van der Waals surface area contributed by atoms with E-state index in [1.54, 1.807) is 18.2 Å². The molecule has 0 atom stereocenters. The zero-order chi connectivity index (χ0) is 14.0. The first-order valence-electron chi connectivity index (χ1n) is 5.80. The molecule has 2 rings (SSSR count). The Morgan fingerprint density at radius 2 is 1.79 bits per heavy atom. The molecule has 2 aromatic rings. The van der Waals surface area contributed by atoms with Gasteiger partial charge in [-0.25, -0.2) is 8.78 Å². The molecule has 100 valence electrons. The molecule has 0 aliphatic carbocycles. The first-order chi connectivity index (χ1) is 9.02. The predicted octanol–water partition coefficient (Wildman–Crippen LogP) is 4.31. The van der Waals surface area contributed by atoms with Gasteiger partial charge in [0, 0.05) is 18.3 Å². The highest BCUT2D eigenvalue weighted by Gasteiger charge is 2.13. The summed E-state index contributed by atoms with van der Waals surface area (Å²) in [6.07, 6.45) is 0. The van der Waals surface area contributed by atoms with Crippen molar-refractivity contribution in [2.24, 2.45) is 0 Å². The van der Waals surface area contributed by atoms with Crippen molar-refractivity contribution >= 4 is 39.7 Å². The van der Waals surface area contributed by atoms with E-state index in [9.17, 15) is 8.78 Å². The van der Waals surface area contributed by atoms with E-state index in [0.29, 0.717) is 21.5 Å². The van der Waals surface area contributed by atoms with Crippen molar-refractivity contribution in [1.29, 1.82) is 0 Å². The highest BCUT2D eigenvalue weighted by Crippen LogP contribution is 2.32. The zero-order valence-corrected chi connectivity index (χ0v) is 12.5. The van der Waals surface area contributed by atoms with Crippen molar-refractivity contribution < 1.29 is 8.78 Å². The quantitative estimate of drug-likeness (QED) is 0.641. The minimum Gasteiger partial charge on any atom is -0.397 e. The van der Waals surface area contributed by atoms with E-state index in [0.717, 1.165) is 5.69 Å². The van der Waals surface area contributed by atoms with Crippen molar-refractivity contribution in [2.45, 2.75) is 6.92 Å². The summed E-state index contributed by atoms with van der Waals surface area (Å²) in [6.45, 7) is 2.54. The van der Waals surface area contributed by atoms with Gasteiger partial charge in [-0.15, -0.1) is 0 Å². The van der Waals surface area contributed by atoms with Gasteiger partial charge in [0.05, 0.1) is 14.9 Å². The smallest absolute Gasteiger partial charge is 0.138 e. The van der Waals surface area contributed by atoms with Crippen molar-refractivity contribution in [3.63, 3.8) is 0 Å². The topological polar surface area (TPSA) is 29.3 Å². The minimum atomic E-state index is -0.314.